The third-order valence-corrected chi connectivity index (χ3v) is 4.28. The van der Waals surface area contributed by atoms with Gasteiger partial charge in [-0.05, 0) is 40.6 Å². The summed E-state index contributed by atoms with van der Waals surface area (Å²) in [5, 5.41) is 9.52. The average molecular weight is 338 g/mol. The largest absolute Gasteiger partial charge is 0.493 e. The molecule has 2 heterocycles. The molecule has 1 fully saturated rings. The number of H-pyrrole nitrogens is 1. The zero-order chi connectivity index (χ0) is 17.1. The van der Waals surface area contributed by atoms with E-state index < -0.39 is 0 Å². The van der Waals surface area contributed by atoms with Gasteiger partial charge in [0.2, 0.25) is 0 Å². The number of nitrogens with zero attached hydrogens (tertiary/aromatic N) is 3. The highest BCUT2D eigenvalue weighted by atomic mass is 16.5. The lowest BCUT2D eigenvalue weighted by molar-refractivity contribution is 0.167. The Morgan fingerprint density at radius 2 is 2.04 bits per heavy atom. The second kappa shape index (κ2) is 6.90. The Hall–Kier alpha value is -2.93. The van der Waals surface area contributed by atoms with Crippen molar-refractivity contribution < 1.29 is 9.47 Å². The van der Waals surface area contributed by atoms with Gasteiger partial charge in [-0.15, -0.1) is 0 Å². The summed E-state index contributed by atoms with van der Waals surface area (Å²) in [5.41, 5.74) is 2.32. The van der Waals surface area contributed by atoms with Gasteiger partial charge >= 0.3 is 5.69 Å². The van der Waals surface area contributed by atoms with Gasteiger partial charge in [0.25, 0.3) is 0 Å². The Balaban J connectivity index is 1.57. The van der Waals surface area contributed by atoms with Crippen LogP contribution in [0.4, 0.5) is 0 Å². The Labute approximate surface area is 144 Å². The minimum Gasteiger partial charge on any atom is -0.493 e. The topological polar surface area (TPSA) is 82.0 Å². The molecule has 0 radical (unpaired) electrons. The van der Waals surface area contributed by atoms with Crippen molar-refractivity contribution >= 4 is 0 Å². The number of ether oxygens (including phenoxy) is 2. The number of hydrogen-bond donors (Lipinski definition) is 1. The van der Waals surface area contributed by atoms with Crippen molar-refractivity contribution in [3.8, 4) is 22.6 Å². The molecule has 7 nitrogen and oxygen atoms in total. The molecular weight excluding hydrogens is 320 g/mol. The van der Waals surface area contributed by atoms with Crippen LogP contribution in [0.2, 0.25) is 0 Å². The Kier molecular flexibility index (Phi) is 4.30. The lowest BCUT2D eigenvalue weighted by Crippen LogP contribution is -2.15. The number of rotatable bonds is 5. The van der Waals surface area contributed by atoms with Crippen molar-refractivity contribution in [2.24, 2.45) is 5.92 Å². The first-order chi connectivity index (χ1) is 12.3. The molecule has 1 N–H and O–H groups in total. The van der Waals surface area contributed by atoms with Gasteiger partial charge in [0.05, 0.1) is 18.9 Å². The number of tetrazole rings is 1. The Morgan fingerprint density at radius 3 is 2.76 bits per heavy atom. The van der Waals surface area contributed by atoms with E-state index in [4.69, 9.17) is 9.47 Å². The standard InChI is InChI=1S/C18H18N4O3/c23-18-19-20-21-22(18)15-7-5-14(6-8-15)16-3-1-2-4-17(16)25-12-13-9-10-24-11-13/h1-8,13H,9-12H2,(H,19,21,23). The van der Waals surface area contributed by atoms with Crippen molar-refractivity contribution in [2.75, 3.05) is 19.8 Å². The summed E-state index contributed by atoms with van der Waals surface area (Å²) in [4.78, 5) is 11.6. The second-order valence-electron chi connectivity index (χ2n) is 6.00. The number of benzene rings is 2. The number of para-hydroxylation sites is 1. The predicted molar refractivity (Wildman–Crippen MR) is 91.8 cm³/mol. The van der Waals surface area contributed by atoms with Crippen LogP contribution in [0.3, 0.4) is 0 Å². The maximum absolute atomic E-state index is 11.6. The summed E-state index contributed by atoms with van der Waals surface area (Å²) < 4.78 is 12.6. The predicted octanol–water partition coefficient (Wildman–Crippen LogP) is 2.04. The smallest absolute Gasteiger partial charge is 0.365 e. The molecule has 0 aliphatic carbocycles. The maximum atomic E-state index is 11.6. The van der Waals surface area contributed by atoms with Crippen molar-refractivity contribution in [1.29, 1.82) is 0 Å². The van der Waals surface area contributed by atoms with Crippen LogP contribution in [0.1, 0.15) is 6.42 Å². The summed E-state index contributed by atoms with van der Waals surface area (Å²) in [6.07, 6.45) is 1.04. The lowest BCUT2D eigenvalue weighted by atomic mass is 10.0. The lowest BCUT2D eigenvalue weighted by Gasteiger charge is -2.14. The van der Waals surface area contributed by atoms with Gasteiger partial charge in [-0.3, -0.25) is 0 Å². The van der Waals surface area contributed by atoms with E-state index in [1.54, 1.807) is 0 Å². The maximum Gasteiger partial charge on any atom is 0.365 e. The fourth-order valence-corrected chi connectivity index (χ4v) is 2.90. The highest BCUT2D eigenvalue weighted by Gasteiger charge is 2.17. The number of hydrogen-bond acceptors (Lipinski definition) is 5. The first kappa shape index (κ1) is 15.6. The van der Waals surface area contributed by atoms with Crippen LogP contribution < -0.4 is 10.4 Å². The molecule has 0 amide bonds. The van der Waals surface area contributed by atoms with Crippen molar-refractivity contribution in [2.45, 2.75) is 6.42 Å². The summed E-state index contributed by atoms with van der Waals surface area (Å²) >= 11 is 0. The highest BCUT2D eigenvalue weighted by Crippen LogP contribution is 2.31. The summed E-state index contributed by atoms with van der Waals surface area (Å²) in [5.74, 6) is 1.30. The number of nitrogens with one attached hydrogen (secondary N) is 1. The molecule has 0 bridgehead atoms. The first-order valence-corrected chi connectivity index (χ1v) is 8.22. The van der Waals surface area contributed by atoms with Crippen LogP contribution in [0.5, 0.6) is 5.75 Å². The van der Waals surface area contributed by atoms with E-state index in [0.29, 0.717) is 18.2 Å². The quantitative estimate of drug-likeness (QED) is 0.770. The summed E-state index contributed by atoms with van der Waals surface area (Å²) in [7, 11) is 0. The van der Waals surface area contributed by atoms with E-state index in [2.05, 4.69) is 15.5 Å². The minimum atomic E-state index is -0.365. The number of aromatic nitrogens is 4. The fraction of sp³-hybridized carbons (Fsp3) is 0.278. The van der Waals surface area contributed by atoms with Gasteiger partial charge in [-0.2, -0.15) is 4.68 Å². The zero-order valence-corrected chi connectivity index (χ0v) is 13.6. The van der Waals surface area contributed by atoms with E-state index in [9.17, 15) is 4.79 Å². The third kappa shape index (κ3) is 3.32. The molecule has 1 saturated heterocycles. The van der Waals surface area contributed by atoms with Crippen molar-refractivity contribution in [1.82, 2.24) is 20.2 Å². The van der Waals surface area contributed by atoms with E-state index in [1.807, 2.05) is 48.5 Å². The van der Waals surface area contributed by atoms with E-state index in [-0.39, 0.29) is 5.69 Å². The molecule has 128 valence electrons. The van der Waals surface area contributed by atoms with Gasteiger partial charge in [0.15, 0.2) is 0 Å². The molecule has 1 unspecified atom stereocenters. The van der Waals surface area contributed by atoms with Crippen molar-refractivity contribution in [3.63, 3.8) is 0 Å². The van der Waals surface area contributed by atoms with E-state index >= 15 is 0 Å². The SMILES string of the molecule is O=c1[nH]nnn1-c1ccc(-c2ccccc2OCC2CCOC2)cc1. The van der Waals surface area contributed by atoms with Crippen LogP contribution in [0.25, 0.3) is 16.8 Å². The van der Waals surface area contributed by atoms with Crippen LogP contribution in [0.15, 0.2) is 53.3 Å². The zero-order valence-electron chi connectivity index (χ0n) is 13.6. The van der Waals surface area contributed by atoms with Crippen LogP contribution in [-0.4, -0.2) is 40.0 Å². The average Bonchev–Trinajstić information content (AvgIpc) is 3.32. The molecule has 25 heavy (non-hydrogen) atoms. The van der Waals surface area contributed by atoms with Crippen molar-refractivity contribution in [3.05, 3.63) is 59.0 Å². The molecule has 1 atom stereocenters. The highest BCUT2D eigenvalue weighted by molar-refractivity contribution is 5.71. The van der Waals surface area contributed by atoms with E-state index in [0.717, 1.165) is 36.5 Å². The second-order valence-corrected chi connectivity index (χ2v) is 6.00. The first-order valence-electron chi connectivity index (χ1n) is 8.22. The van der Waals surface area contributed by atoms with Gasteiger partial charge in [0, 0.05) is 18.1 Å². The summed E-state index contributed by atoms with van der Waals surface area (Å²) in [6.45, 7) is 2.24. The molecule has 3 aromatic rings. The van der Waals surface area contributed by atoms with Crippen LogP contribution in [0, 0.1) is 5.92 Å². The monoisotopic (exact) mass is 338 g/mol. The fourth-order valence-electron chi connectivity index (χ4n) is 2.90. The Morgan fingerprint density at radius 1 is 1.20 bits per heavy atom. The third-order valence-electron chi connectivity index (χ3n) is 4.28. The van der Waals surface area contributed by atoms with Gasteiger partial charge in [-0.1, -0.05) is 30.3 Å². The minimum absolute atomic E-state index is 0.365. The molecule has 7 heteroatoms. The van der Waals surface area contributed by atoms with Gasteiger partial charge in [-0.25, -0.2) is 9.89 Å². The molecular formula is C18H18N4O3. The summed E-state index contributed by atoms with van der Waals surface area (Å²) in [6, 6.07) is 15.5. The molecule has 1 aliphatic heterocycles. The van der Waals surface area contributed by atoms with Crippen LogP contribution in [-0.2, 0) is 4.74 Å². The van der Waals surface area contributed by atoms with Crippen LogP contribution >= 0.6 is 0 Å². The molecule has 2 aromatic carbocycles. The van der Waals surface area contributed by atoms with Gasteiger partial charge in [0.1, 0.15) is 5.75 Å². The molecule has 0 saturated carbocycles. The van der Waals surface area contributed by atoms with Gasteiger partial charge < -0.3 is 9.47 Å². The molecule has 4 rings (SSSR count). The molecule has 0 spiro atoms. The number of aromatic amines is 1. The molecule has 1 aliphatic rings. The Bertz CT molecular complexity index is 895. The normalized spacial score (nSPS) is 16.9. The molecule has 1 aromatic heterocycles. The van der Waals surface area contributed by atoms with E-state index in [1.165, 1.54) is 4.68 Å².